The molecule has 21 heavy (non-hydrogen) atoms. The fraction of sp³-hybridized carbons (Fsp3) is 0. The van der Waals surface area contributed by atoms with E-state index in [-0.39, 0.29) is 17.1 Å². The zero-order valence-electron chi connectivity index (χ0n) is 10.7. The highest BCUT2D eigenvalue weighted by Gasteiger charge is 2.35. The van der Waals surface area contributed by atoms with E-state index in [1.165, 1.54) is 18.2 Å². The molecule has 0 unspecified atom stereocenters. The third kappa shape index (κ3) is 1.61. The van der Waals surface area contributed by atoms with Crippen LogP contribution in [0.15, 0.2) is 42.5 Å². The number of carbonyl (C=O) groups excluding carboxylic acids is 2. The number of anilines is 2. The molecule has 0 bridgehead atoms. The summed E-state index contributed by atoms with van der Waals surface area (Å²) in [7, 11) is 0. The topological polar surface area (TPSA) is 58.2 Å². The van der Waals surface area contributed by atoms with E-state index >= 15 is 0 Å². The maximum absolute atomic E-state index is 13.5. The maximum atomic E-state index is 13.5. The van der Waals surface area contributed by atoms with Crippen molar-refractivity contribution < 1.29 is 14.0 Å². The van der Waals surface area contributed by atoms with Crippen molar-refractivity contribution >= 4 is 34.3 Å². The molecule has 0 fully saturated rings. The minimum absolute atomic E-state index is 0.215. The van der Waals surface area contributed by atoms with E-state index in [4.69, 9.17) is 0 Å². The van der Waals surface area contributed by atoms with Crippen LogP contribution in [0.2, 0.25) is 0 Å². The van der Waals surface area contributed by atoms with Crippen molar-refractivity contribution in [2.45, 2.75) is 0 Å². The Hall–Kier alpha value is -2.95. The number of rotatable bonds is 0. The Labute approximate surface area is 119 Å². The number of hydrogen-bond donors (Lipinski definition) is 2. The van der Waals surface area contributed by atoms with Gasteiger partial charge in [-0.2, -0.15) is 0 Å². The molecular weight excluding hydrogens is 271 g/mol. The largest absolute Gasteiger partial charge is 0.321 e. The first-order valence-corrected chi connectivity index (χ1v) is 6.41. The molecule has 0 saturated heterocycles. The number of amides is 2. The standard InChI is InChI=1S/C16H9FN2O2/c17-8-5-6-12-10(7-8)14(16(21)19-12)13-9-3-1-2-4-11(9)18-15(13)20/h1-7H,(H,18,20)(H,19,21)/b14-13+. The molecule has 2 N–H and O–H groups in total. The first kappa shape index (κ1) is 11.8. The van der Waals surface area contributed by atoms with Crippen LogP contribution in [-0.4, -0.2) is 11.8 Å². The molecule has 0 atom stereocenters. The molecule has 2 heterocycles. The van der Waals surface area contributed by atoms with E-state index in [1.54, 1.807) is 24.3 Å². The van der Waals surface area contributed by atoms with Gasteiger partial charge in [-0.05, 0) is 24.3 Å². The summed E-state index contributed by atoms with van der Waals surface area (Å²) in [5.74, 6) is -1.19. The third-order valence-corrected chi connectivity index (χ3v) is 3.65. The summed E-state index contributed by atoms with van der Waals surface area (Å²) in [6.07, 6.45) is 0. The molecule has 4 nitrogen and oxygen atoms in total. The molecule has 4 rings (SSSR count). The van der Waals surface area contributed by atoms with E-state index in [9.17, 15) is 14.0 Å². The Bertz CT molecular complexity index is 855. The van der Waals surface area contributed by atoms with Crippen LogP contribution in [0.4, 0.5) is 15.8 Å². The number of nitrogens with one attached hydrogen (secondary N) is 2. The molecule has 2 amide bonds. The number of fused-ring (bicyclic) bond motifs is 2. The molecule has 2 aromatic carbocycles. The van der Waals surface area contributed by atoms with Crippen molar-refractivity contribution in [2.24, 2.45) is 0 Å². The second-order valence-electron chi connectivity index (χ2n) is 4.89. The van der Waals surface area contributed by atoms with Gasteiger partial charge in [-0.1, -0.05) is 18.2 Å². The quantitative estimate of drug-likeness (QED) is 0.729. The van der Waals surface area contributed by atoms with Crippen LogP contribution in [-0.2, 0) is 9.59 Å². The van der Waals surface area contributed by atoms with Gasteiger partial charge in [-0.15, -0.1) is 0 Å². The predicted molar refractivity (Wildman–Crippen MR) is 76.9 cm³/mol. The van der Waals surface area contributed by atoms with Crippen LogP contribution >= 0.6 is 0 Å². The minimum atomic E-state index is -0.449. The van der Waals surface area contributed by atoms with Crippen molar-refractivity contribution in [1.82, 2.24) is 0 Å². The highest BCUT2D eigenvalue weighted by molar-refractivity contribution is 6.49. The number of carbonyl (C=O) groups is 2. The average molecular weight is 280 g/mol. The number of benzene rings is 2. The normalized spacial score (nSPS) is 19.1. The SMILES string of the molecule is O=C1Nc2ccccc2/C1=C1\C(=O)Nc2ccc(F)cc21. The molecule has 5 heteroatoms. The molecule has 2 aromatic rings. The predicted octanol–water partition coefficient (Wildman–Crippen LogP) is 2.64. The van der Waals surface area contributed by atoms with Gasteiger partial charge in [-0.3, -0.25) is 9.59 Å². The van der Waals surface area contributed by atoms with Crippen molar-refractivity contribution in [2.75, 3.05) is 10.6 Å². The van der Waals surface area contributed by atoms with Gasteiger partial charge in [0.2, 0.25) is 0 Å². The average Bonchev–Trinajstić information content (AvgIpc) is 2.94. The molecule has 0 spiro atoms. The lowest BCUT2D eigenvalue weighted by Crippen LogP contribution is -2.10. The van der Waals surface area contributed by atoms with Gasteiger partial charge in [0.15, 0.2) is 0 Å². The Morgan fingerprint density at radius 2 is 1.38 bits per heavy atom. The smallest absolute Gasteiger partial charge is 0.257 e. The van der Waals surface area contributed by atoms with Crippen LogP contribution in [0.3, 0.4) is 0 Å². The molecular formula is C16H9FN2O2. The Morgan fingerprint density at radius 1 is 0.762 bits per heavy atom. The molecule has 0 aliphatic carbocycles. The minimum Gasteiger partial charge on any atom is -0.321 e. The lowest BCUT2D eigenvalue weighted by molar-refractivity contribution is -0.112. The summed E-state index contributed by atoms with van der Waals surface area (Å²) >= 11 is 0. The first-order valence-electron chi connectivity index (χ1n) is 6.41. The lowest BCUT2D eigenvalue weighted by Gasteiger charge is -2.03. The van der Waals surface area contributed by atoms with Crippen molar-refractivity contribution in [1.29, 1.82) is 0 Å². The zero-order chi connectivity index (χ0) is 14.6. The van der Waals surface area contributed by atoms with Crippen molar-refractivity contribution in [3.05, 3.63) is 59.4 Å². The highest BCUT2D eigenvalue weighted by Crippen LogP contribution is 2.42. The Morgan fingerprint density at radius 3 is 2.14 bits per heavy atom. The van der Waals surface area contributed by atoms with E-state index in [2.05, 4.69) is 10.6 Å². The molecule has 102 valence electrons. The molecule has 2 aliphatic rings. The molecule has 0 radical (unpaired) electrons. The summed E-state index contributed by atoms with van der Waals surface area (Å²) in [5.41, 5.74) is 2.75. The van der Waals surface area contributed by atoms with Gasteiger partial charge in [0.1, 0.15) is 5.82 Å². The van der Waals surface area contributed by atoms with Gasteiger partial charge < -0.3 is 10.6 Å². The summed E-state index contributed by atoms with van der Waals surface area (Å²) in [6, 6.07) is 11.2. The summed E-state index contributed by atoms with van der Waals surface area (Å²) in [6.45, 7) is 0. The van der Waals surface area contributed by atoms with Crippen LogP contribution in [0.1, 0.15) is 11.1 Å². The van der Waals surface area contributed by atoms with Gasteiger partial charge in [0, 0.05) is 22.5 Å². The highest BCUT2D eigenvalue weighted by atomic mass is 19.1. The Kier molecular flexibility index (Phi) is 2.27. The third-order valence-electron chi connectivity index (χ3n) is 3.65. The Balaban J connectivity index is 2.04. The number of halogens is 1. The molecule has 2 aliphatic heterocycles. The lowest BCUT2D eigenvalue weighted by atomic mass is 9.96. The number of hydrogen-bond acceptors (Lipinski definition) is 2. The summed E-state index contributed by atoms with van der Waals surface area (Å²) < 4.78 is 13.5. The van der Waals surface area contributed by atoms with E-state index < -0.39 is 11.7 Å². The van der Waals surface area contributed by atoms with Gasteiger partial charge in [-0.25, -0.2) is 4.39 Å². The fourth-order valence-corrected chi connectivity index (χ4v) is 2.75. The van der Waals surface area contributed by atoms with Crippen molar-refractivity contribution in [3.8, 4) is 0 Å². The summed E-state index contributed by atoms with van der Waals surface area (Å²) in [5, 5.41) is 5.38. The van der Waals surface area contributed by atoms with E-state index in [0.29, 0.717) is 22.5 Å². The second-order valence-corrected chi connectivity index (χ2v) is 4.89. The van der Waals surface area contributed by atoms with E-state index in [1.807, 2.05) is 0 Å². The number of para-hydroxylation sites is 1. The van der Waals surface area contributed by atoms with Crippen molar-refractivity contribution in [3.63, 3.8) is 0 Å². The van der Waals surface area contributed by atoms with Gasteiger partial charge in [0.05, 0.1) is 11.1 Å². The van der Waals surface area contributed by atoms with Gasteiger partial charge in [0.25, 0.3) is 11.8 Å². The maximum Gasteiger partial charge on any atom is 0.257 e. The zero-order valence-corrected chi connectivity index (χ0v) is 10.7. The van der Waals surface area contributed by atoms with Crippen LogP contribution in [0.25, 0.3) is 11.1 Å². The van der Waals surface area contributed by atoms with Crippen LogP contribution in [0.5, 0.6) is 0 Å². The van der Waals surface area contributed by atoms with Crippen LogP contribution < -0.4 is 10.6 Å². The molecule has 0 saturated carbocycles. The summed E-state index contributed by atoms with van der Waals surface area (Å²) in [4.78, 5) is 24.4. The monoisotopic (exact) mass is 280 g/mol. The van der Waals surface area contributed by atoms with Gasteiger partial charge >= 0.3 is 0 Å². The first-order chi connectivity index (χ1) is 10.1. The fourth-order valence-electron chi connectivity index (χ4n) is 2.75. The van der Waals surface area contributed by atoms with E-state index in [0.717, 1.165) is 0 Å². The molecule has 0 aromatic heterocycles. The van der Waals surface area contributed by atoms with Crippen LogP contribution in [0, 0.1) is 5.82 Å². The second kappa shape index (κ2) is 4.02.